The molecule has 0 aliphatic carbocycles. The van der Waals surface area contributed by atoms with Gasteiger partial charge in [0.15, 0.2) is 11.6 Å². The number of ether oxygens (including phenoxy) is 1. The van der Waals surface area contributed by atoms with Crippen molar-refractivity contribution in [3.05, 3.63) is 12.0 Å². The van der Waals surface area contributed by atoms with E-state index in [9.17, 15) is 4.39 Å². The molecule has 0 bridgehead atoms. The van der Waals surface area contributed by atoms with Crippen LogP contribution >= 0.6 is 0 Å². The van der Waals surface area contributed by atoms with Gasteiger partial charge in [-0.25, -0.2) is 9.38 Å². The fraction of sp³-hybridized carbons (Fsp3) is 0.300. The summed E-state index contributed by atoms with van der Waals surface area (Å²) in [5.41, 5.74) is 0. The summed E-state index contributed by atoms with van der Waals surface area (Å²) in [6, 6.07) is -0.0262. The highest BCUT2D eigenvalue weighted by atomic mass is 19.1. The monoisotopic (exact) mass is 222 g/mol. The molecule has 1 aromatic rings. The van der Waals surface area contributed by atoms with Crippen LogP contribution in [0.25, 0.3) is 0 Å². The molecule has 1 aromatic heterocycles. The van der Waals surface area contributed by atoms with E-state index in [-0.39, 0.29) is 11.8 Å². The number of nitrogens with zero attached hydrogens (tertiary/aromatic N) is 4. The third-order valence-corrected chi connectivity index (χ3v) is 1.36. The summed E-state index contributed by atoms with van der Waals surface area (Å²) < 4.78 is 18.0. The van der Waals surface area contributed by atoms with E-state index in [1.165, 1.54) is 6.34 Å². The largest absolute Gasteiger partial charge is 0.370 e. The summed E-state index contributed by atoms with van der Waals surface area (Å²) in [6.07, 6.45) is 4.74. The van der Waals surface area contributed by atoms with Gasteiger partial charge in [0.1, 0.15) is 6.11 Å². The van der Waals surface area contributed by atoms with Gasteiger partial charge in [-0.15, -0.1) is 0 Å². The molecule has 0 aliphatic heterocycles. The van der Waals surface area contributed by atoms with E-state index < -0.39 is 5.82 Å². The van der Waals surface area contributed by atoms with E-state index in [0.717, 1.165) is 6.20 Å². The molecule has 6 heteroatoms. The molecule has 0 aliphatic rings. The van der Waals surface area contributed by atoms with E-state index in [1.807, 2.05) is 0 Å². The molecular formula is C10H11FN4O. The molecule has 0 saturated heterocycles. The van der Waals surface area contributed by atoms with Crippen molar-refractivity contribution in [3.63, 3.8) is 0 Å². The van der Waals surface area contributed by atoms with Crippen LogP contribution in [0, 0.1) is 17.8 Å². The Balaban J connectivity index is 2.93. The third-order valence-electron chi connectivity index (χ3n) is 1.36. The number of aromatic nitrogens is 2. The van der Waals surface area contributed by atoms with Crippen LogP contribution < -0.4 is 4.74 Å². The third kappa shape index (κ3) is 3.53. The fourth-order valence-corrected chi connectivity index (χ4v) is 0.749. The topological polar surface area (TPSA) is 50.6 Å². The Morgan fingerprint density at radius 2 is 2.31 bits per heavy atom. The van der Waals surface area contributed by atoms with Crippen molar-refractivity contribution in [3.8, 4) is 18.0 Å². The highest BCUT2D eigenvalue weighted by molar-refractivity contribution is 5.59. The maximum Gasteiger partial charge on any atom is 0.333 e. The Kier molecular flexibility index (Phi) is 4.21. The van der Waals surface area contributed by atoms with Crippen LogP contribution in [0.3, 0.4) is 0 Å². The predicted molar refractivity (Wildman–Crippen MR) is 57.9 cm³/mol. The van der Waals surface area contributed by atoms with Crippen molar-refractivity contribution in [2.45, 2.75) is 6.92 Å². The SMILES string of the molecule is CC#COc1ncc(F)c(/N=C/N(C)C)n1. The normalized spacial score (nSPS) is 9.75. The van der Waals surface area contributed by atoms with Crippen molar-refractivity contribution < 1.29 is 9.13 Å². The minimum atomic E-state index is -0.616. The molecule has 5 nitrogen and oxygen atoms in total. The zero-order valence-electron chi connectivity index (χ0n) is 9.23. The molecule has 84 valence electrons. The maximum absolute atomic E-state index is 13.2. The zero-order chi connectivity index (χ0) is 12.0. The van der Waals surface area contributed by atoms with Gasteiger partial charge in [0.2, 0.25) is 0 Å². The van der Waals surface area contributed by atoms with E-state index >= 15 is 0 Å². The quantitative estimate of drug-likeness (QED) is 0.438. The molecule has 0 fully saturated rings. The number of halogens is 1. The van der Waals surface area contributed by atoms with Gasteiger partial charge in [0, 0.05) is 21.0 Å². The maximum atomic E-state index is 13.2. The van der Waals surface area contributed by atoms with Gasteiger partial charge in [0.25, 0.3) is 0 Å². The molecule has 1 rings (SSSR count). The van der Waals surface area contributed by atoms with Crippen LogP contribution in [-0.4, -0.2) is 35.3 Å². The second-order valence-corrected chi connectivity index (χ2v) is 2.99. The van der Waals surface area contributed by atoms with E-state index in [0.29, 0.717) is 0 Å². The summed E-state index contributed by atoms with van der Waals surface area (Å²) in [4.78, 5) is 12.8. The van der Waals surface area contributed by atoms with Gasteiger partial charge in [-0.1, -0.05) is 5.92 Å². The molecule has 16 heavy (non-hydrogen) atoms. The Labute approximate surface area is 93.0 Å². The lowest BCUT2D eigenvalue weighted by molar-refractivity contribution is 0.467. The number of hydrogen-bond acceptors (Lipinski definition) is 4. The summed E-state index contributed by atoms with van der Waals surface area (Å²) in [5, 5.41) is 0. The highest BCUT2D eigenvalue weighted by Gasteiger charge is 2.05. The first-order chi connectivity index (χ1) is 7.63. The number of aliphatic imine (C=N–C) groups is 1. The zero-order valence-corrected chi connectivity index (χ0v) is 9.23. The molecular weight excluding hydrogens is 211 g/mol. The van der Waals surface area contributed by atoms with Crippen LogP contribution in [0.4, 0.5) is 10.2 Å². The second-order valence-electron chi connectivity index (χ2n) is 2.99. The Hall–Kier alpha value is -2.16. The van der Waals surface area contributed by atoms with Crippen LogP contribution in [0.5, 0.6) is 6.01 Å². The predicted octanol–water partition coefficient (Wildman–Crippen LogP) is 1.20. The lowest BCUT2D eigenvalue weighted by Gasteiger charge is -2.02. The summed E-state index contributed by atoms with van der Waals surface area (Å²) >= 11 is 0. The van der Waals surface area contributed by atoms with Crippen LogP contribution in [-0.2, 0) is 0 Å². The first-order valence-corrected chi connectivity index (χ1v) is 4.45. The lowest BCUT2D eigenvalue weighted by Crippen LogP contribution is -2.07. The summed E-state index contributed by atoms with van der Waals surface area (Å²) in [7, 11) is 3.53. The van der Waals surface area contributed by atoms with Crippen LogP contribution in [0.15, 0.2) is 11.2 Å². The molecule has 0 amide bonds. The van der Waals surface area contributed by atoms with Crippen molar-refractivity contribution in [1.82, 2.24) is 14.9 Å². The Bertz CT molecular complexity index is 448. The van der Waals surface area contributed by atoms with Gasteiger partial charge < -0.3 is 9.64 Å². The summed E-state index contributed by atoms with van der Waals surface area (Å²) in [6.45, 7) is 1.61. The highest BCUT2D eigenvalue weighted by Crippen LogP contribution is 2.15. The molecule has 0 N–H and O–H groups in total. The second kappa shape index (κ2) is 5.66. The van der Waals surface area contributed by atoms with Gasteiger partial charge in [-0.2, -0.15) is 9.97 Å². The molecule has 0 spiro atoms. The Morgan fingerprint density at radius 3 is 2.94 bits per heavy atom. The van der Waals surface area contributed by atoms with Gasteiger partial charge in [-0.3, -0.25) is 0 Å². The average Bonchev–Trinajstić information content (AvgIpc) is 2.26. The lowest BCUT2D eigenvalue weighted by atomic mass is 10.5. The van der Waals surface area contributed by atoms with Gasteiger partial charge >= 0.3 is 6.01 Å². The standard InChI is InChI=1S/C10H11FN4O/c1-4-5-16-10-12-6-8(11)9(14-10)13-7-15(2)3/h6-7H,1-3H3/b13-7+. The fourth-order valence-electron chi connectivity index (χ4n) is 0.749. The van der Waals surface area contributed by atoms with Crippen molar-refractivity contribution in [1.29, 1.82) is 0 Å². The minimum Gasteiger partial charge on any atom is -0.370 e. The Morgan fingerprint density at radius 1 is 1.56 bits per heavy atom. The van der Waals surface area contributed by atoms with E-state index in [2.05, 4.69) is 27.0 Å². The van der Waals surface area contributed by atoms with E-state index in [4.69, 9.17) is 4.74 Å². The van der Waals surface area contributed by atoms with Crippen molar-refractivity contribution >= 4 is 12.2 Å². The molecule has 0 aromatic carbocycles. The summed E-state index contributed by atoms with van der Waals surface area (Å²) in [5.74, 6) is 1.81. The smallest absolute Gasteiger partial charge is 0.333 e. The van der Waals surface area contributed by atoms with Crippen molar-refractivity contribution in [2.24, 2.45) is 4.99 Å². The first-order valence-electron chi connectivity index (χ1n) is 4.45. The molecule has 1 heterocycles. The number of hydrogen-bond donors (Lipinski definition) is 0. The number of rotatable bonds is 3. The molecule has 0 radical (unpaired) electrons. The average molecular weight is 222 g/mol. The molecule has 0 atom stereocenters. The molecule has 0 unspecified atom stereocenters. The van der Waals surface area contributed by atoms with Gasteiger partial charge in [0.05, 0.1) is 12.5 Å². The van der Waals surface area contributed by atoms with Crippen LogP contribution in [0.1, 0.15) is 6.92 Å². The van der Waals surface area contributed by atoms with Crippen LogP contribution in [0.2, 0.25) is 0 Å². The van der Waals surface area contributed by atoms with Crippen molar-refractivity contribution in [2.75, 3.05) is 14.1 Å². The minimum absolute atomic E-state index is 0.0262. The van der Waals surface area contributed by atoms with E-state index in [1.54, 1.807) is 25.9 Å². The van der Waals surface area contributed by atoms with Gasteiger partial charge in [-0.05, 0) is 0 Å². The molecule has 0 saturated carbocycles. The first kappa shape index (κ1) is 11.9.